The maximum absolute atomic E-state index is 6.84. The van der Waals surface area contributed by atoms with Gasteiger partial charge in [0.25, 0.3) is 0 Å². The van der Waals surface area contributed by atoms with Crippen molar-refractivity contribution < 1.29 is 23.7 Å². The lowest BCUT2D eigenvalue weighted by Gasteiger charge is -2.30. The van der Waals surface area contributed by atoms with Gasteiger partial charge in [0, 0.05) is 26.4 Å². The van der Waals surface area contributed by atoms with Gasteiger partial charge in [0.2, 0.25) is 0 Å². The number of hydrogen-bond donors (Lipinski definition) is 0. The topological polar surface area (TPSA) is 46.2 Å². The SMILES string of the molecule is CC(C)CC(COCC(COCC(CC(C)C)C(C)C)OC(COCC(CC(C)C)C(C)C)COCC(CC(C)C)C(C)C)C(C)C. The Hall–Kier alpha value is -0.200. The van der Waals surface area contributed by atoms with E-state index >= 15 is 0 Å². The van der Waals surface area contributed by atoms with Crippen molar-refractivity contribution >= 4 is 0 Å². The van der Waals surface area contributed by atoms with E-state index in [1.807, 2.05) is 0 Å². The van der Waals surface area contributed by atoms with E-state index in [0.29, 0.717) is 97.4 Å². The summed E-state index contributed by atoms with van der Waals surface area (Å²) in [6, 6.07) is 0. The minimum absolute atomic E-state index is 0.168. The van der Waals surface area contributed by atoms with Crippen LogP contribution >= 0.6 is 0 Å². The standard InChI is InChI=1S/C42H86O5/c1-29(2)17-37(33(9)10)21-43-25-41(26-44-22-38(34(11)12)18-30(3)4)47-42(27-45-23-39(35(13)14)19-31(5)6)28-46-24-40(36(15)16)20-32(7)8/h29-42H,17-28H2,1-16H3. The van der Waals surface area contributed by atoms with Crippen LogP contribution < -0.4 is 0 Å². The zero-order valence-electron chi connectivity index (χ0n) is 34.6. The van der Waals surface area contributed by atoms with E-state index in [1.54, 1.807) is 0 Å². The molecule has 284 valence electrons. The number of rotatable bonds is 30. The van der Waals surface area contributed by atoms with Gasteiger partial charge < -0.3 is 23.7 Å². The van der Waals surface area contributed by atoms with Crippen LogP contribution in [0.4, 0.5) is 0 Å². The second-order valence-corrected chi connectivity index (χ2v) is 18.1. The van der Waals surface area contributed by atoms with E-state index in [9.17, 15) is 0 Å². The minimum Gasteiger partial charge on any atom is -0.378 e. The van der Waals surface area contributed by atoms with Crippen LogP contribution in [0.2, 0.25) is 0 Å². The highest BCUT2D eigenvalue weighted by atomic mass is 16.6. The Bertz CT molecular complexity index is 587. The Balaban J connectivity index is 5.80. The molecule has 5 nitrogen and oxygen atoms in total. The van der Waals surface area contributed by atoms with Gasteiger partial charge in [-0.2, -0.15) is 0 Å². The van der Waals surface area contributed by atoms with Crippen molar-refractivity contribution in [3.63, 3.8) is 0 Å². The summed E-state index contributed by atoms with van der Waals surface area (Å²) in [6.07, 6.45) is 4.37. The molecule has 4 unspecified atom stereocenters. The molecule has 0 heterocycles. The lowest BCUT2D eigenvalue weighted by molar-refractivity contribution is -0.140. The van der Waals surface area contributed by atoms with Gasteiger partial charge in [-0.25, -0.2) is 0 Å². The molecule has 0 aliphatic rings. The Labute approximate surface area is 295 Å². The maximum atomic E-state index is 6.84. The average molecular weight is 671 g/mol. The molecule has 47 heavy (non-hydrogen) atoms. The Morgan fingerprint density at radius 1 is 0.277 bits per heavy atom. The fourth-order valence-corrected chi connectivity index (χ4v) is 6.48. The summed E-state index contributed by atoms with van der Waals surface area (Å²) in [5, 5.41) is 0. The third kappa shape index (κ3) is 24.6. The molecular formula is C42H86O5. The van der Waals surface area contributed by atoms with Crippen LogP contribution in [0.5, 0.6) is 0 Å². The molecule has 0 aliphatic carbocycles. The molecule has 0 fully saturated rings. The lowest BCUT2D eigenvalue weighted by atomic mass is 9.88. The van der Waals surface area contributed by atoms with Gasteiger partial charge >= 0.3 is 0 Å². The van der Waals surface area contributed by atoms with Crippen LogP contribution in [0, 0.1) is 71.0 Å². The van der Waals surface area contributed by atoms with Crippen molar-refractivity contribution in [2.45, 2.75) is 149 Å². The fraction of sp³-hybridized carbons (Fsp3) is 1.00. The minimum atomic E-state index is -0.168. The Kier molecular flexibility index (Phi) is 26.5. The van der Waals surface area contributed by atoms with Crippen molar-refractivity contribution in [1.29, 1.82) is 0 Å². The lowest BCUT2D eigenvalue weighted by Crippen LogP contribution is -2.37. The van der Waals surface area contributed by atoms with E-state index in [4.69, 9.17) is 23.7 Å². The first-order valence-corrected chi connectivity index (χ1v) is 19.9. The van der Waals surface area contributed by atoms with Gasteiger partial charge in [0.05, 0.1) is 26.4 Å². The quantitative estimate of drug-likeness (QED) is 0.0761. The number of hydrogen-bond acceptors (Lipinski definition) is 5. The molecule has 4 atom stereocenters. The molecule has 0 aromatic carbocycles. The molecule has 0 saturated heterocycles. The van der Waals surface area contributed by atoms with Crippen molar-refractivity contribution in [1.82, 2.24) is 0 Å². The van der Waals surface area contributed by atoms with Gasteiger partial charge in [-0.05, 0) is 96.7 Å². The molecule has 0 amide bonds. The summed E-state index contributed by atoms with van der Waals surface area (Å²) in [5.41, 5.74) is 0. The van der Waals surface area contributed by atoms with E-state index in [0.717, 1.165) is 26.4 Å². The second kappa shape index (κ2) is 26.6. The molecule has 0 aromatic heterocycles. The zero-order valence-corrected chi connectivity index (χ0v) is 34.6. The molecule has 0 radical (unpaired) electrons. The van der Waals surface area contributed by atoms with Crippen LogP contribution in [0.15, 0.2) is 0 Å². The van der Waals surface area contributed by atoms with Crippen LogP contribution in [0.3, 0.4) is 0 Å². The van der Waals surface area contributed by atoms with Gasteiger partial charge in [0.15, 0.2) is 0 Å². The van der Waals surface area contributed by atoms with E-state index in [-0.39, 0.29) is 12.2 Å². The molecule has 0 saturated carbocycles. The Morgan fingerprint density at radius 2 is 0.468 bits per heavy atom. The smallest absolute Gasteiger partial charge is 0.105 e. The van der Waals surface area contributed by atoms with Gasteiger partial charge in [-0.3, -0.25) is 0 Å². The molecular weight excluding hydrogens is 584 g/mol. The van der Waals surface area contributed by atoms with Crippen molar-refractivity contribution in [2.24, 2.45) is 71.0 Å². The molecule has 0 aromatic rings. The predicted molar refractivity (Wildman–Crippen MR) is 203 cm³/mol. The summed E-state index contributed by atoms with van der Waals surface area (Å²) in [6.45, 7) is 42.1. The van der Waals surface area contributed by atoms with Gasteiger partial charge in [0.1, 0.15) is 12.2 Å². The average Bonchev–Trinajstić information content (AvgIpc) is 2.93. The van der Waals surface area contributed by atoms with Crippen LogP contribution in [-0.2, 0) is 23.7 Å². The fourth-order valence-electron chi connectivity index (χ4n) is 6.48. The van der Waals surface area contributed by atoms with Crippen LogP contribution in [0.25, 0.3) is 0 Å². The summed E-state index contributed by atoms with van der Waals surface area (Å²) in [4.78, 5) is 0. The molecule has 0 aliphatic heterocycles. The number of ether oxygens (including phenoxy) is 5. The largest absolute Gasteiger partial charge is 0.378 e. The highest BCUT2D eigenvalue weighted by Gasteiger charge is 2.24. The molecule has 0 spiro atoms. The Morgan fingerprint density at radius 3 is 0.617 bits per heavy atom. The molecule has 0 bridgehead atoms. The van der Waals surface area contributed by atoms with Crippen molar-refractivity contribution in [2.75, 3.05) is 52.9 Å². The predicted octanol–water partition coefficient (Wildman–Crippen LogP) is 11.1. The van der Waals surface area contributed by atoms with Crippen LogP contribution in [-0.4, -0.2) is 65.1 Å². The zero-order chi connectivity index (χ0) is 36.1. The normalized spacial score (nSPS) is 16.9. The third-order valence-electron chi connectivity index (χ3n) is 9.80. The monoisotopic (exact) mass is 671 g/mol. The van der Waals surface area contributed by atoms with Crippen molar-refractivity contribution in [3.8, 4) is 0 Å². The first-order valence-electron chi connectivity index (χ1n) is 19.9. The third-order valence-corrected chi connectivity index (χ3v) is 9.80. The van der Waals surface area contributed by atoms with Crippen molar-refractivity contribution in [3.05, 3.63) is 0 Å². The first kappa shape index (κ1) is 46.8. The van der Waals surface area contributed by atoms with E-state index < -0.39 is 0 Å². The first-order chi connectivity index (χ1) is 21.9. The highest BCUT2D eigenvalue weighted by molar-refractivity contribution is 4.71. The van der Waals surface area contributed by atoms with Gasteiger partial charge in [-0.1, -0.05) is 111 Å². The summed E-state index contributed by atoms with van der Waals surface area (Å²) >= 11 is 0. The van der Waals surface area contributed by atoms with Gasteiger partial charge in [-0.15, -0.1) is 0 Å². The molecule has 0 N–H and O–H groups in total. The highest BCUT2D eigenvalue weighted by Crippen LogP contribution is 2.24. The maximum Gasteiger partial charge on any atom is 0.105 e. The van der Waals surface area contributed by atoms with E-state index in [1.165, 1.54) is 25.7 Å². The summed E-state index contributed by atoms with van der Waals surface area (Å²) < 4.78 is 32.6. The molecule has 5 heteroatoms. The molecule has 0 rings (SSSR count). The summed E-state index contributed by atoms with van der Waals surface area (Å²) in [5.74, 6) is 7.14. The second-order valence-electron chi connectivity index (χ2n) is 18.1. The van der Waals surface area contributed by atoms with Crippen LogP contribution in [0.1, 0.15) is 136 Å². The summed E-state index contributed by atoms with van der Waals surface area (Å²) in [7, 11) is 0. The van der Waals surface area contributed by atoms with E-state index in [2.05, 4.69) is 111 Å².